The fourth-order valence-electron chi connectivity index (χ4n) is 9.26. The molecule has 1 atom stereocenters. The van der Waals surface area contributed by atoms with E-state index in [4.69, 9.17) is 14.2 Å². The third kappa shape index (κ3) is 56.7. The maximum atomic E-state index is 12.9. The highest BCUT2D eigenvalue weighted by atomic mass is 16.6. The average Bonchev–Trinajstić information content (AvgIpc) is 3.35. The van der Waals surface area contributed by atoms with Crippen molar-refractivity contribution >= 4 is 17.9 Å². The molecule has 406 valence electrons. The molecule has 0 aromatic carbocycles. The lowest BCUT2D eigenvalue weighted by Gasteiger charge is -2.18. The first kappa shape index (κ1) is 66.9. The van der Waals surface area contributed by atoms with Gasteiger partial charge in [-0.15, -0.1) is 0 Å². The Labute approximate surface area is 430 Å². The molecule has 6 nitrogen and oxygen atoms in total. The van der Waals surface area contributed by atoms with Crippen molar-refractivity contribution in [1.29, 1.82) is 0 Å². The summed E-state index contributed by atoms with van der Waals surface area (Å²) in [6.07, 6.45) is 68.9. The van der Waals surface area contributed by atoms with Gasteiger partial charge in [0.25, 0.3) is 0 Å². The van der Waals surface area contributed by atoms with Crippen molar-refractivity contribution in [2.24, 2.45) is 0 Å². The highest BCUT2D eigenvalue weighted by Crippen LogP contribution is 2.17. The molecule has 0 rings (SSSR count). The van der Waals surface area contributed by atoms with Gasteiger partial charge in [-0.3, -0.25) is 14.4 Å². The molecule has 0 aromatic rings. The van der Waals surface area contributed by atoms with E-state index in [1.54, 1.807) is 0 Å². The van der Waals surface area contributed by atoms with E-state index in [1.165, 1.54) is 244 Å². The Morgan fingerprint density at radius 3 is 0.725 bits per heavy atom. The van der Waals surface area contributed by atoms with Gasteiger partial charge in [0.15, 0.2) is 6.10 Å². The zero-order valence-electron chi connectivity index (χ0n) is 46.6. The predicted molar refractivity (Wildman–Crippen MR) is 298 cm³/mol. The van der Waals surface area contributed by atoms with Crippen LogP contribution in [-0.2, 0) is 28.6 Å². The summed E-state index contributed by atoms with van der Waals surface area (Å²) in [6, 6.07) is 0. The van der Waals surface area contributed by atoms with Gasteiger partial charge in [0.1, 0.15) is 13.2 Å². The van der Waals surface area contributed by atoms with E-state index in [-0.39, 0.29) is 31.1 Å². The van der Waals surface area contributed by atoms with E-state index in [9.17, 15) is 14.4 Å². The average molecular weight is 972 g/mol. The Kier molecular flexibility index (Phi) is 56.7. The molecule has 0 amide bonds. The molecule has 0 bridgehead atoms. The summed E-state index contributed by atoms with van der Waals surface area (Å²) in [6.45, 7) is 6.68. The first-order valence-electron chi connectivity index (χ1n) is 30.8. The van der Waals surface area contributed by atoms with Gasteiger partial charge in [0, 0.05) is 19.3 Å². The van der Waals surface area contributed by atoms with Gasteiger partial charge in [0.2, 0.25) is 0 Å². The predicted octanol–water partition coefficient (Wildman–Crippen LogP) is 20.7. The molecule has 0 aliphatic rings. The second-order valence-electron chi connectivity index (χ2n) is 21.0. The van der Waals surface area contributed by atoms with Crippen LogP contribution in [0.3, 0.4) is 0 Å². The van der Waals surface area contributed by atoms with Gasteiger partial charge in [0.05, 0.1) is 0 Å². The maximum absolute atomic E-state index is 12.9. The summed E-state index contributed by atoms with van der Waals surface area (Å²) in [5.41, 5.74) is 0. The number of hydrogen-bond donors (Lipinski definition) is 0. The van der Waals surface area contributed by atoms with Crippen molar-refractivity contribution in [3.05, 3.63) is 24.3 Å². The van der Waals surface area contributed by atoms with Gasteiger partial charge in [-0.25, -0.2) is 0 Å². The van der Waals surface area contributed by atoms with Crippen LogP contribution in [0.15, 0.2) is 24.3 Å². The molecule has 0 radical (unpaired) electrons. The minimum absolute atomic E-state index is 0.0673. The number of unbranched alkanes of at least 4 members (excludes halogenated alkanes) is 42. The number of ether oxygens (including phenoxy) is 3. The lowest BCUT2D eigenvalue weighted by molar-refractivity contribution is -0.167. The van der Waals surface area contributed by atoms with Crippen molar-refractivity contribution in [3.8, 4) is 0 Å². The topological polar surface area (TPSA) is 78.9 Å². The zero-order valence-corrected chi connectivity index (χ0v) is 46.6. The van der Waals surface area contributed by atoms with Crippen LogP contribution < -0.4 is 0 Å². The second kappa shape index (κ2) is 58.5. The van der Waals surface area contributed by atoms with Crippen LogP contribution in [0.2, 0.25) is 0 Å². The minimum Gasteiger partial charge on any atom is -0.462 e. The fraction of sp³-hybridized carbons (Fsp3) is 0.889. The summed E-state index contributed by atoms with van der Waals surface area (Å²) in [5.74, 6) is -0.848. The number of hydrogen-bond acceptors (Lipinski definition) is 6. The number of carbonyl (C=O) groups excluding carboxylic acids is 3. The summed E-state index contributed by atoms with van der Waals surface area (Å²) in [4.78, 5) is 38.2. The first-order valence-corrected chi connectivity index (χ1v) is 30.8. The Balaban J connectivity index is 4.26. The lowest BCUT2D eigenvalue weighted by Crippen LogP contribution is -2.30. The third-order valence-corrected chi connectivity index (χ3v) is 13.9. The number of allylic oxidation sites excluding steroid dienone is 4. The standard InChI is InChI=1S/C63H118O6/c1-4-7-10-13-16-19-22-24-26-28-30-31-33-35-37-39-42-45-48-51-54-57-63(66)69-60(58-67-61(64)55-52-49-46-43-40-21-18-15-12-9-6-3)59-68-62(65)56-53-50-47-44-41-38-36-34-32-29-27-25-23-20-17-14-11-8-5-2/h24-27,60H,4-23,28-59H2,1-3H3/b26-24-,27-25-/t60-/m0/s1. The molecule has 0 aromatic heterocycles. The van der Waals surface area contributed by atoms with E-state index in [2.05, 4.69) is 45.1 Å². The highest BCUT2D eigenvalue weighted by molar-refractivity contribution is 5.71. The highest BCUT2D eigenvalue weighted by Gasteiger charge is 2.19. The van der Waals surface area contributed by atoms with Crippen molar-refractivity contribution < 1.29 is 28.6 Å². The second-order valence-corrected chi connectivity index (χ2v) is 21.0. The monoisotopic (exact) mass is 971 g/mol. The largest absolute Gasteiger partial charge is 0.462 e. The molecule has 0 saturated heterocycles. The number of carbonyl (C=O) groups is 3. The normalized spacial score (nSPS) is 12.1. The van der Waals surface area contributed by atoms with Crippen LogP contribution in [0, 0.1) is 0 Å². The summed E-state index contributed by atoms with van der Waals surface area (Å²) in [5, 5.41) is 0. The maximum Gasteiger partial charge on any atom is 0.306 e. The molecule has 69 heavy (non-hydrogen) atoms. The van der Waals surface area contributed by atoms with Crippen LogP contribution in [-0.4, -0.2) is 37.2 Å². The Morgan fingerprint density at radius 2 is 0.478 bits per heavy atom. The molecular formula is C63H118O6. The van der Waals surface area contributed by atoms with Crippen LogP contribution in [0.25, 0.3) is 0 Å². The van der Waals surface area contributed by atoms with Gasteiger partial charge >= 0.3 is 17.9 Å². The molecule has 0 aliphatic carbocycles. The zero-order chi connectivity index (χ0) is 50.0. The molecule has 6 heteroatoms. The van der Waals surface area contributed by atoms with Crippen molar-refractivity contribution in [2.75, 3.05) is 13.2 Å². The molecule has 0 fully saturated rings. The fourth-order valence-corrected chi connectivity index (χ4v) is 9.26. The van der Waals surface area contributed by atoms with E-state index < -0.39 is 6.10 Å². The van der Waals surface area contributed by atoms with E-state index >= 15 is 0 Å². The Bertz CT molecular complexity index is 1110. The molecular weight excluding hydrogens is 853 g/mol. The Morgan fingerprint density at radius 1 is 0.275 bits per heavy atom. The quantitative estimate of drug-likeness (QED) is 0.0261. The SMILES string of the molecule is CCCCCCCC/C=C\CCCCCCCCCCCCCC(=O)O[C@H](COC(=O)CCCCCCCCCCC/C=C\CCCCCCCC)COC(=O)CCCCCCCCCCCCC. The molecule has 0 heterocycles. The van der Waals surface area contributed by atoms with Gasteiger partial charge in [-0.1, -0.05) is 276 Å². The molecule has 0 aliphatic heterocycles. The van der Waals surface area contributed by atoms with E-state index in [0.29, 0.717) is 19.3 Å². The Hall–Kier alpha value is -2.11. The van der Waals surface area contributed by atoms with E-state index in [0.717, 1.165) is 57.8 Å². The van der Waals surface area contributed by atoms with E-state index in [1.807, 2.05) is 0 Å². The van der Waals surface area contributed by atoms with Gasteiger partial charge < -0.3 is 14.2 Å². The summed E-state index contributed by atoms with van der Waals surface area (Å²) < 4.78 is 16.9. The third-order valence-electron chi connectivity index (χ3n) is 13.9. The smallest absolute Gasteiger partial charge is 0.306 e. The van der Waals surface area contributed by atoms with Gasteiger partial charge in [-0.05, 0) is 70.6 Å². The molecule has 0 N–H and O–H groups in total. The van der Waals surface area contributed by atoms with Crippen LogP contribution in [0.4, 0.5) is 0 Å². The van der Waals surface area contributed by atoms with Crippen molar-refractivity contribution in [2.45, 2.75) is 348 Å². The van der Waals surface area contributed by atoms with Gasteiger partial charge in [-0.2, -0.15) is 0 Å². The van der Waals surface area contributed by atoms with Crippen LogP contribution >= 0.6 is 0 Å². The van der Waals surface area contributed by atoms with Crippen LogP contribution in [0.1, 0.15) is 342 Å². The van der Waals surface area contributed by atoms with Crippen molar-refractivity contribution in [1.82, 2.24) is 0 Å². The lowest BCUT2D eigenvalue weighted by atomic mass is 10.0. The first-order chi connectivity index (χ1) is 34.0. The summed E-state index contributed by atoms with van der Waals surface area (Å²) in [7, 11) is 0. The molecule has 0 saturated carbocycles. The summed E-state index contributed by atoms with van der Waals surface area (Å²) >= 11 is 0. The number of rotatable bonds is 57. The van der Waals surface area contributed by atoms with Crippen LogP contribution in [0.5, 0.6) is 0 Å². The minimum atomic E-state index is -0.768. The molecule has 0 unspecified atom stereocenters. The molecule has 0 spiro atoms. The van der Waals surface area contributed by atoms with Crippen molar-refractivity contribution in [3.63, 3.8) is 0 Å². The number of esters is 3.